The molecule has 2 nitrogen and oxygen atoms in total. The van der Waals surface area contributed by atoms with Gasteiger partial charge < -0.3 is 9.47 Å². The van der Waals surface area contributed by atoms with Crippen molar-refractivity contribution in [2.75, 3.05) is 7.11 Å². The van der Waals surface area contributed by atoms with Crippen molar-refractivity contribution in [3.05, 3.63) is 12.2 Å². The Morgan fingerprint density at radius 1 is 1.31 bits per heavy atom. The highest BCUT2D eigenvalue weighted by Crippen LogP contribution is 2.39. The van der Waals surface area contributed by atoms with Crippen molar-refractivity contribution in [1.29, 1.82) is 0 Å². The molecule has 2 aliphatic rings. The molecule has 1 spiro atoms. The largest absolute Gasteiger partial charge is 0.378 e. The summed E-state index contributed by atoms with van der Waals surface area (Å²) in [5.74, 6) is 0. The van der Waals surface area contributed by atoms with Crippen LogP contribution in [-0.4, -0.2) is 24.9 Å². The fraction of sp³-hybridized carbons (Fsp3) is 0.818. The Morgan fingerprint density at radius 3 is 2.62 bits per heavy atom. The van der Waals surface area contributed by atoms with Crippen molar-refractivity contribution in [2.45, 2.75) is 50.4 Å². The van der Waals surface area contributed by atoms with Gasteiger partial charge in [0.15, 0.2) is 0 Å². The van der Waals surface area contributed by atoms with Gasteiger partial charge in [0.1, 0.15) is 5.60 Å². The van der Waals surface area contributed by atoms with Crippen molar-refractivity contribution < 1.29 is 9.47 Å². The van der Waals surface area contributed by atoms with Gasteiger partial charge in [-0.15, -0.1) is 0 Å². The first-order valence-electron chi connectivity index (χ1n) is 5.12. The van der Waals surface area contributed by atoms with Crippen molar-refractivity contribution in [1.82, 2.24) is 0 Å². The Kier molecular flexibility index (Phi) is 2.43. The molecule has 2 atom stereocenters. The molecule has 1 aliphatic heterocycles. The first kappa shape index (κ1) is 9.22. The minimum atomic E-state index is -0.0214. The molecule has 0 bridgehead atoms. The monoisotopic (exact) mass is 182 g/mol. The van der Waals surface area contributed by atoms with Crippen LogP contribution in [0.15, 0.2) is 12.2 Å². The highest BCUT2D eigenvalue weighted by atomic mass is 16.6. The van der Waals surface area contributed by atoms with Crippen LogP contribution in [0, 0.1) is 0 Å². The van der Waals surface area contributed by atoms with Crippen LogP contribution in [0.1, 0.15) is 32.6 Å². The van der Waals surface area contributed by atoms with Gasteiger partial charge in [-0.2, -0.15) is 0 Å². The maximum absolute atomic E-state index is 6.05. The molecule has 0 radical (unpaired) electrons. The SMILES string of the molecule is COC1CCC(C)OC12CC=CC2. The molecule has 74 valence electrons. The molecular weight excluding hydrogens is 164 g/mol. The lowest BCUT2D eigenvalue weighted by molar-refractivity contribution is -0.187. The van der Waals surface area contributed by atoms with E-state index >= 15 is 0 Å². The van der Waals surface area contributed by atoms with Crippen LogP contribution < -0.4 is 0 Å². The molecule has 0 amide bonds. The van der Waals surface area contributed by atoms with E-state index in [9.17, 15) is 0 Å². The van der Waals surface area contributed by atoms with Crippen molar-refractivity contribution in [3.63, 3.8) is 0 Å². The second-order valence-electron chi connectivity index (χ2n) is 4.17. The first-order chi connectivity index (χ1) is 6.27. The molecular formula is C11H18O2. The molecule has 0 N–H and O–H groups in total. The molecule has 0 aromatic heterocycles. The van der Waals surface area contributed by atoms with Gasteiger partial charge in [-0.1, -0.05) is 12.2 Å². The summed E-state index contributed by atoms with van der Waals surface area (Å²) in [6.45, 7) is 2.16. The maximum atomic E-state index is 6.05. The molecule has 1 fully saturated rings. The summed E-state index contributed by atoms with van der Waals surface area (Å²) in [6, 6.07) is 0. The molecule has 1 aliphatic carbocycles. The highest BCUT2D eigenvalue weighted by molar-refractivity contribution is 5.10. The van der Waals surface area contributed by atoms with Crippen LogP contribution in [0.5, 0.6) is 0 Å². The van der Waals surface area contributed by atoms with Gasteiger partial charge in [0.25, 0.3) is 0 Å². The number of methoxy groups -OCH3 is 1. The average molecular weight is 182 g/mol. The van der Waals surface area contributed by atoms with Gasteiger partial charge >= 0.3 is 0 Å². The topological polar surface area (TPSA) is 18.5 Å². The van der Waals surface area contributed by atoms with E-state index in [-0.39, 0.29) is 5.60 Å². The number of hydrogen-bond acceptors (Lipinski definition) is 2. The molecule has 2 rings (SSSR count). The maximum Gasteiger partial charge on any atom is 0.101 e. The Labute approximate surface area is 79.9 Å². The Hall–Kier alpha value is -0.340. The summed E-state index contributed by atoms with van der Waals surface area (Å²) in [4.78, 5) is 0. The smallest absolute Gasteiger partial charge is 0.101 e. The third-order valence-corrected chi connectivity index (χ3v) is 3.24. The number of ether oxygens (including phenoxy) is 2. The summed E-state index contributed by atoms with van der Waals surface area (Å²) in [7, 11) is 1.80. The molecule has 0 aromatic carbocycles. The van der Waals surface area contributed by atoms with E-state index in [2.05, 4.69) is 19.1 Å². The van der Waals surface area contributed by atoms with Gasteiger partial charge in [0.2, 0.25) is 0 Å². The normalized spacial score (nSPS) is 37.1. The van der Waals surface area contributed by atoms with Crippen molar-refractivity contribution >= 4 is 0 Å². The van der Waals surface area contributed by atoms with Crippen LogP contribution in [0.2, 0.25) is 0 Å². The predicted molar refractivity (Wildman–Crippen MR) is 51.7 cm³/mol. The third-order valence-electron chi connectivity index (χ3n) is 3.24. The van der Waals surface area contributed by atoms with E-state index in [1.165, 1.54) is 0 Å². The zero-order valence-corrected chi connectivity index (χ0v) is 8.45. The molecule has 2 heteroatoms. The van der Waals surface area contributed by atoms with Crippen LogP contribution >= 0.6 is 0 Å². The van der Waals surface area contributed by atoms with Crippen molar-refractivity contribution in [3.8, 4) is 0 Å². The quantitative estimate of drug-likeness (QED) is 0.579. The fourth-order valence-corrected chi connectivity index (χ4v) is 2.53. The molecule has 0 saturated carbocycles. The van der Waals surface area contributed by atoms with E-state index < -0.39 is 0 Å². The van der Waals surface area contributed by atoms with Crippen LogP contribution in [0.25, 0.3) is 0 Å². The second-order valence-corrected chi connectivity index (χ2v) is 4.17. The van der Waals surface area contributed by atoms with Gasteiger partial charge in [0.05, 0.1) is 12.2 Å². The fourth-order valence-electron chi connectivity index (χ4n) is 2.53. The second kappa shape index (κ2) is 3.43. The Morgan fingerprint density at radius 2 is 2.00 bits per heavy atom. The van der Waals surface area contributed by atoms with Gasteiger partial charge in [-0.05, 0) is 32.6 Å². The Balaban J connectivity index is 2.11. The number of hydrogen-bond donors (Lipinski definition) is 0. The zero-order chi connectivity index (χ0) is 9.31. The summed E-state index contributed by atoms with van der Waals surface area (Å²) < 4.78 is 11.6. The van der Waals surface area contributed by atoms with Crippen LogP contribution in [-0.2, 0) is 9.47 Å². The molecule has 2 unspecified atom stereocenters. The summed E-state index contributed by atoms with van der Waals surface area (Å²) in [5.41, 5.74) is -0.0214. The van der Waals surface area contributed by atoms with Crippen molar-refractivity contribution in [2.24, 2.45) is 0 Å². The molecule has 0 aromatic rings. The lowest BCUT2D eigenvalue weighted by atomic mass is 9.86. The summed E-state index contributed by atoms with van der Waals surface area (Å²) in [5, 5.41) is 0. The van der Waals surface area contributed by atoms with Gasteiger partial charge in [-0.25, -0.2) is 0 Å². The van der Waals surface area contributed by atoms with Crippen LogP contribution in [0.3, 0.4) is 0 Å². The van der Waals surface area contributed by atoms with Crippen LogP contribution in [0.4, 0.5) is 0 Å². The lowest BCUT2D eigenvalue weighted by Crippen LogP contribution is -2.49. The third kappa shape index (κ3) is 1.53. The number of rotatable bonds is 1. The molecule has 13 heavy (non-hydrogen) atoms. The lowest BCUT2D eigenvalue weighted by Gasteiger charge is -2.43. The summed E-state index contributed by atoms with van der Waals surface area (Å²) >= 11 is 0. The van der Waals surface area contributed by atoms with E-state index in [1.807, 2.05) is 0 Å². The first-order valence-corrected chi connectivity index (χ1v) is 5.12. The average Bonchev–Trinajstić information content (AvgIpc) is 2.54. The highest BCUT2D eigenvalue weighted by Gasteiger charge is 2.44. The van der Waals surface area contributed by atoms with Gasteiger partial charge in [-0.3, -0.25) is 0 Å². The minimum Gasteiger partial charge on any atom is -0.378 e. The standard InChI is InChI=1S/C11H18O2/c1-9-5-6-10(12-2)11(13-9)7-3-4-8-11/h3-4,9-10H,5-8H2,1-2H3. The van der Waals surface area contributed by atoms with E-state index in [0.29, 0.717) is 12.2 Å². The van der Waals surface area contributed by atoms with E-state index in [1.54, 1.807) is 7.11 Å². The molecule has 1 heterocycles. The van der Waals surface area contributed by atoms with E-state index in [0.717, 1.165) is 25.7 Å². The minimum absolute atomic E-state index is 0.0214. The Bertz CT molecular complexity index is 202. The predicted octanol–water partition coefficient (Wildman–Crippen LogP) is 2.29. The van der Waals surface area contributed by atoms with E-state index in [4.69, 9.17) is 9.47 Å². The molecule has 1 saturated heterocycles. The zero-order valence-electron chi connectivity index (χ0n) is 8.45. The summed E-state index contributed by atoms with van der Waals surface area (Å²) in [6.07, 6.45) is 9.42. The van der Waals surface area contributed by atoms with Gasteiger partial charge in [0, 0.05) is 7.11 Å².